The zero-order valence-electron chi connectivity index (χ0n) is 11.5. The summed E-state index contributed by atoms with van der Waals surface area (Å²) < 4.78 is 5.64. The first-order valence-electron chi connectivity index (χ1n) is 6.35. The van der Waals surface area contributed by atoms with Gasteiger partial charge < -0.3 is 15.4 Å². The van der Waals surface area contributed by atoms with E-state index in [1.807, 2.05) is 45.9 Å². The quantitative estimate of drug-likeness (QED) is 0.842. The number of anilines is 1. The molecule has 0 saturated heterocycles. The Morgan fingerprint density at radius 1 is 1.39 bits per heavy atom. The molecule has 4 heteroatoms. The van der Waals surface area contributed by atoms with E-state index in [2.05, 4.69) is 10.6 Å². The average Bonchev–Trinajstić information content (AvgIpc) is 2.29. The second kappa shape index (κ2) is 6.89. The molecule has 1 aromatic rings. The molecule has 0 unspecified atom stereocenters. The van der Waals surface area contributed by atoms with Gasteiger partial charge in [0.2, 0.25) is 0 Å². The average molecular weight is 250 g/mol. The van der Waals surface area contributed by atoms with E-state index >= 15 is 0 Å². The van der Waals surface area contributed by atoms with Crippen LogP contribution in [0.5, 0.6) is 5.75 Å². The minimum absolute atomic E-state index is 0.148. The van der Waals surface area contributed by atoms with Crippen LogP contribution in [-0.4, -0.2) is 18.7 Å². The standard InChI is InChI=1S/C14H22N2O2/c1-5-8-15-14(17)16-12-6-7-13(11(4)9-12)18-10(2)3/h6-7,9-10H,5,8H2,1-4H3,(H2,15,16,17). The molecule has 0 aromatic heterocycles. The van der Waals surface area contributed by atoms with Crippen LogP contribution in [-0.2, 0) is 0 Å². The largest absolute Gasteiger partial charge is 0.491 e. The molecule has 1 rings (SSSR count). The molecule has 18 heavy (non-hydrogen) atoms. The molecule has 0 aliphatic heterocycles. The van der Waals surface area contributed by atoms with E-state index in [0.717, 1.165) is 23.4 Å². The van der Waals surface area contributed by atoms with Gasteiger partial charge >= 0.3 is 6.03 Å². The highest BCUT2D eigenvalue weighted by atomic mass is 16.5. The Morgan fingerprint density at radius 3 is 2.67 bits per heavy atom. The summed E-state index contributed by atoms with van der Waals surface area (Å²) in [6.07, 6.45) is 1.07. The van der Waals surface area contributed by atoms with Gasteiger partial charge in [-0.1, -0.05) is 6.92 Å². The number of rotatable bonds is 5. The molecule has 2 amide bonds. The normalized spacial score (nSPS) is 10.3. The Labute approximate surface area is 109 Å². The van der Waals surface area contributed by atoms with Crippen LogP contribution in [0.2, 0.25) is 0 Å². The number of ether oxygens (including phenoxy) is 1. The molecule has 1 aromatic carbocycles. The third-order valence-corrected chi connectivity index (χ3v) is 2.33. The highest BCUT2D eigenvalue weighted by Crippen LogP contribution is 2.22. The number of hydrogen-bond donors (Lipinski definition) is 2. The minimum atomic E-state index is -0.172. The summed E-state index contributed by atoms with van der Waals surface area (Å²) in [6.45, 7) is 8.64. The van der Waals surface area contributed by atoms with Crippen LogP contribution in [0.1, 0.15) is 32.8 Å². The third-order valence-electron chi connectivity index (χ3n) is 2.33. The van der Waals surface area contributed by atoms with E-state index in [-0.39, 0.29) is 12.1 Å². The predicted molar refractivity (Wildman–Crippen MR) is 74.3 cm³/mol. The zero-order chi connectivity index (χ0) is 13.5. The second-order valence-electron chi connectivity index (χ2n) is 4.53. The molecule has 0 aliphatic carbocycles. The number of carbonyl (C=O) groups is 1. The van der Waals surface area contributed by atoms with Crippen LogP contribution in [0.4, 0.5) is 10.5 Å². The van der Waals surface area contributed by atoms with E-state index in [1.54, 1.807) is 0 Å². The molecule has 0 spiro atoms. The lowest BCUT2D eigenvalue weighted by Gasteiger charge is -2.14. The second-order valence-corrected chi connectivity index (χ2v) is 4.53. The number of nitrogens with one attached hydrogen (secondary N) is 2. The van der Waals surface area contributed by atoms with Gasteiger partial charge in [0.1, 0.15) is 5.75 Å². The predicted octanol–water partition coefficient (Wildman–Crippen LogP) is 3.31. The highest BCUT2D eigenvalue weighted by Gasteiger charge is 2.05. The molecule has 0 fully saturated rings. The van der Waals surface area contributed by atoms with E-state index in [1.165, 1.54) is 0 Å². The lowest BCUT2D eigenvalue weighted by Crippen LogP contribution is -2.29. The zero-order valence-corrected chi connectivity index (χ0v) is 11.5. The van der Waals surface area contributed by atoms with E-state index in [0.29, 0.717) is 6.54 Å². The fourth-order valence-electron chi connectivity index (χ4n) is 1.53. The molecular formula is C14H22N2O2. The smallest absolute Gasteiger partial charge is 0.319 e. The van der Waals surface area contributed by atoms with Crippen LogP contribution in [0.15, 0.2) is 18.2 Å². The van der Waals surface area contributed by atoms with E-state index in [9.17, 15) is 4.79 Å². The van der Waals surface area contributed by atoms with Crippen LogP contribution >= 0.6 is 0 Å². The van der Waals surface area contributed by atoms with Crippen molar-refractivity contribution in [2.24, 2.45) is 0 Å². The van der Waals surface area contributed by atoms with Crippen molar-refractivity contribution in [3.63, 3.8) is 0 Å². The Hall–Kier alpha value is -1.71. The molecule has 0 atom stereocenters. The molecule has 0 bridgehead atoms. The van der Waals surface area contributed by atoms with Crippen LogP contribution in [0.3, 0.4) is 0 Å². The number of carbonyl (C=O) groups excluding carboxylic acids is 1. The summed E-state index contributed by atoms with van der Waals surface area (Å²) in [4.78, 5) is 11.5. The summed E-state index contributed by atoms with van der Waals surface area (Å²) in [5.41, 5.74) is 1.79. The summed E-state index contributed by atoms with van der Waals surface area (Å²) in [7, 11) is 0. The van der Waals surface area contributed by atoms with Crippen molar-refractivity contribution in [1.29, 1.82) is 0 Å². The number of hydrogen-bond acceptors (Lipinski definition) is 2. The molecule has 100 valence electrons. The number of benzene rings is 1. The monoisotopic (exact) mass is 250 g/mol. The maximum Gasteiger partial charge on any atom is 0.319 e. The maximum absolute atomic E-state index is 11.5. The molecular weight excluding hydrogens is 228 g/mol. The van der Waals surface area contributed by atoms with Crippen molar-refractivity contribution >= 4 is 11.7 Å². The first-order chi connectivity index (χ1) is 8.52. The Balaban J connectivity index is 2.63. The summed E-state index contributed by atoms with van der Waals surface area (Å²) >= 11 is 0. The SMILES string of the molecule is CCCNC(=O)Nc1ccc(OC(C)C)c(C)c1. The van der Waals surface area contributed by atoms with Crippen molar-refractivity contribution in [2.75, 3.05) is 11.9 Å². The van der Waals surface area contributed by atoms with Crippen LogP contribution < -0.4 is 15.4 Å². The Kier molecular flexibility index (Phi) is 5.49. The van der Waals surface area contributed by atoms with Gasteiger partial charge in [-0.25, -0.2) is 4.79 Å². The fourth-order valence-corrected chi connectivity index (χ4v) is 1.53. The number of urea groups is 1. The van der Waals surface area contributed by atoms with Crippen molar-refractivity contribution in [3.05, 3.63) is 23.8 Å². The van der Waals surface area contributed by atoms with Gasteiger partial charge in [-0.05, 0) is 51.0 Å². The first kappa shape index (κ1) is 14.4. The number of amides is 2. The minimum Gasteiger partial charge on any atom is -0.491 e. The topological polar surface area (TPSA) is 50.4 Å². The van der Waals surface area contributed by atoms with E-state index < -0.39 is 0 Å². The van der Waals surface area contributed by atoms with Crippen LogP contribution in [0, 0.1) is 6.92 Å². The summed E-state index contributed by atoms with van der Waals surface area (Å²) in [5, 5.41) is 5.56. The lowest BCUT2D eigenvalue weighted by atomic mass is 10.2. The molecule has 0 radical (unpaired) electrons. The molecule has 2 N–H and O–H groups in total. The Bertz CT molecular complexity index is 403. The molecule has 0 aliphatic rings. The fraction of sp³-hybridized carbons (Fsp3) is 0.500. The lowest BCUT2D eigenvalue weighted by molar-refractivity contribution is 0.240. The van der Waals surface area contributed by atoms with Crippen molar-refractivity contribution < 1.29 is 9.53 Å². The van der Waals surface area contributed by atoms with Gasteiger partial charge in [0, 0.05) is 12.2 Å². The molecule has 4 nitrogen and oxygen atoms in total. The number of aryl methyl sites for hydroxylation is 1. The molecule has 0 saturated carbocycles. The summed E-state index contributed by atoms with van der Waals surface area (Å²) in [6, 6.07) is 5.46. The van der Waals surface area contributed by atoms with Crippen LogP contribution in [0.25, 0.3) is 0 Å². The van der Waals surface area contributed by atoms with Crippen molar-refractivity contribution in [2.45, 2.75) is 40.2 Å². The van der Waals surface area contributed by atoms with Crippen molar-refractivity contribution in [1.82, 2.24) is 5.32 Å². The highest BCUT2D eigenvalue weighted by molar-refractivity contribution is 5.89. The van der Waals surface area contributed by atoms with Gasteiger partial charge in [0.25, 0.3) is 0 Å². The maximum atomic E-state index is 11.5. The van der Waals surface area contributed by atoms with E-state index in [4.69, 9.17) is 4.74 Å². The Morgan fingerprint density at radius 2 is 2.11 bits per heavy atom. The third kappa shape index (κ3) is 4.65. The summed E-state index contributed by atoms with van der Waals surface area (Å²) in [5.74, 6) is 0.851. The van der Waals surface area contributed by atoms with Gasteiger partial charge in [-0.15, -0.1) is 0 Å². The molecule has 0 heterocycles. The van der Waals surface area contributed by atoms with Gasteiger partial charge in [0.15, 0.2) is 0 Å². The van der Waals surface area contributed by atoms with Gasteiger partial charge in [-0.3, -0.25) is 0 Å². The van der Waals surface area contributed by atoms with Crippen molar-refractivity contribution in [3.8, 4) is 5.75 Å². The first-order valence-corrected chi connectivity index (χ1v) is 6.35. The van der Waals surface area contributed by atoms with Gasteiger partial charge in [-0.2, -0.15) is 0 Å². The van der Waals surface area contributed by atoms with Gasteiger partial charge in [0.05, 0.1) is 6.10 Å².